The number of benzene rings is 2. The Balaban J connectivity index is 1.37. The van der Waals surface area contributed by atoms with Crippen LogP contribution in [-0.2, 0) is 13.1 Å². The first-order valence-corrected chi connectivity index (χ1v) is 9.51. The normalized spacial score (nSPS) is 21.1. The maximum Gasteiger partial charge on any atom is 0.231 e. The smallest absolute Gasteiger partial charge is 0.231 e. The van der Waals surface area contributed by atoms with E-state index in [4.69, 9.17) is 9.47 Å². The van der Waals surface area contributed by atoms with E-state index in [0.717, 1.165) is 37.7 Å². The van der Waals surface area contributed by atoms with Crippen molar-refractivity contribution in [3.05, 3.63) is 59.2 Å². The standard InChI is InChI=1S/C21H28N4O2/c1-25(2)13-17-6-4-3-5-16(17)10-22-11-18-12-23-24-21(18)15-7-8-19-20(9-15)27-14-26-19/h3-9,18,21-24H,10-14H2,1-2H3. The van der Waals surface area contributed by atoms with Crippen molar-refractivity contribution in [3.63, 3.8) is 0 Å². The number of nitrogens with zero attached hydrogens (tertiary/aromatic N) is 1. The second-order valence-electron chi connectivity index (χ2n) is 7.51. The zero-order valence-electron chi connectivity index (χ0n) is 16.0. The molecule has 0 aliphatic carbocycles. The Hall–Kier alpha value is -2.12. The van der Waals surface area contributed by atoms with Gasteiger partial charge in [-0.25, -0.2) is 5.43 Å². The van der Waals surface area contributed by atoms with Crippen LogP contribution in [0, 0.1) is 5.92 Å². The predicted molar refractivity (Wildman–Crippen MR) is 105 cm³/mol. The molecule has 2 aromatic rings. The lowest BCUT2D eigenvalue weighted by Gasteiger charge is -2.20. The molecule has 2 aliphatic rings. The fourth-order valence-corrected chi connectivity index (χ4v) is 3.80. The molecule has 0 aromatic heterocycles. The fraction of sp³-hybridized carbons (Fsp3) is 0.429. The molecular weight excluding hydrogens is 340 g/mol. The van der Waals surface area contributed by atoms with E-state index in [-0.39, 0.29) is 6.04 Å². The molecule has 2 heterocycles. The van der Waals surface area contributed by atoms with Gasteiger partial charge in [0.15, 0.2) is 11.5 Å². The monoisotopic (exact) mass is 368 g/mol. The van der Waals surface area contributed by atoms with Crippen molar-refractivity contribution < 1.29 is 9.47 Å². The van der Waals surface area contributed by atoms with Gasteiger partial charge in [-0.05, 0) is 42.9 Å². The maximum atomic E-state index is 5.53. The third-order valence-electron chi connectivity index (χ3n) is 5.18. The molecule has 0 amide bonds. The van der Waals surface area contributed by atoms with Crippen molar-refractivity contribution in [2.45, 2.75) is 19.1 Å². The number of fused-ring (bicyclic) bond motifs is 1. The Bertz CT molecular complexity index is 781. The molecule has 144 valence electrons. The highest BCUT2D eigenvalue weighted by molar-refractivity contribution is 5.45. The van der Waals surface area contributed by atoms with Gasteiger partial charge >= 0.3 is 0 Å². The van der Waals surface area contributed by atoms with Crippen LogP contribution in [0.5, 0.6) is 11.5 Å². The molecule has 6 heteroatoms. The molecule has 2 atom stereocenters. The zero-order valence-corrected chi connectivity index (χ0v) is 16.0. The number of nitrogens with one attached hydrogen (secondary N) is 3. The van der Waals surface area contributed by atoms with Crippen LogP contribution in [0.4, 0.5) is 0 Å². The lowest BCUT2D eigenvalue weighted by Crippen LogP contribution is -2.29. The SMILES string of the molecule is CN(C)Cc1ccccc1CNCC1CNNC1c1ccc2c(c1)OCO2. The van der Waals surface area contributed by atoms with E-state index in [1.165, 1.54) is 16.7 Å². The highest BCUT2D eigenvalue weighted by Crippen LogP contribution is 2.36. The van der Waals surface area contributed by atoms with Crippen LogP contribution in [0.3, 0.4) is 0 Å². The Labute approximate surface area is 160 Å². The van der Waals surface area contributed by atoms with Gasteiger partial charge in [-0.2, -0.15) is 0 Å². The highest BCUT2D eigenvalue weighted by atomic mass is 16.7. The third kappa shape index (κ3) is 4.25. The Morgan fingerprint density at radius 1 is 1.07 bits per heavy atom. The predicted octanol–water partition coefficient (Wildman–Crippen LogP) is 2.03. The number of hydrogen-bond donors (Lipinski definition) is 3. The molecule has 1 saturated heterocycles. The van der Waals surface area contributed by atoms with Crippen molar-refractivity contribution >= 4 is 0 Å². The van der Waals surface area contributed by atoms with Crippen molar-refractivity contribution in [2.24, 2.45) is 5.92 Å². The molecule has 4 rings (SSSR count). The van der Waals surface area contributed by atoms with Gasteiger partial charge in [-0.15, -0.1) is 0 Å². The molecule has 1 fully saturated rings. The zero-order chi connectivity index (χ0) is 18.6. The summed E-state index contributed by atoms with van der Waals surface area (Å²) in [4.78, 5) is 2.21. The van der Waals surface area contributed by atoms with Gasteiger partial charge in [-0.1, -0.05) is 30.3 Å². The molecule has 3 N–H and O–H groups in total. The minimum Gasteiger partial charge on any atom is -0.454 e. The van der Waals surface area contributed by atoms with E-state index in [1.807, 2.05) is 6.07 Å². The van der Waals surface area contributed by atoms with E-state index in [0.29, 0.717) is 12.7 Å². The molecule has 0 spiro atoms. The molecule has 27 heavy (non-hydrogen) atoms. The van der Waals surface area contributed by atoms with Crippen molar-refractivity contribution in [1.82, 2.24) is 21.1 Å². The average molecular weight is 368 g/mol. The summed E-state index contributed by atoms with van der Waals surface area (Å²) in [6, 6.07) is 15.1. The minimum absolute atomic E-state index is 0.254. The quantitative estimate of drug-likeness (QED) is 0.695. The molecule has 6 nitrogen and oxygen atoms in total. The molecular formula is C21H28N4O2. The number of ether oxygens (including phenoxy) is 2. The fourth-order valence-electron chi connectivity index (χ4n) is 3.80. The van der Waals surface area contributed by atoms with Gasteiger partial charge in [0.2, 0.25) is 6.79 Å². The second-order valence-corrected chi connectivity index (χ2v) is 7.51. The largest absolute Gasteiger partial charge is 0.454 e. The summed E-state index contributed by atoms with van der Waals surface area (Å²) in [5, 5.41) is 3.65. The van der Waals surface area contributed by atoms with E-state index in [9.17, 15) is 0 Å². The summed E-state index contributed by atoms with van der Waals surface area (Å²) in [7, 11) is 4.21. The van der Waals surface area contributed by atoms with Crippen molar-refractivity contribution in [2.75, 3.05) is 34.0 Å². The topological polar surface area (TPSA) is 57.8 Å². The van der Waals surface area contributed by atoms with Gasteiger partial charge < -0.3 is 19.7 Å². The average Bonchev–Trinajstić information content (AvgIpc) is 3.31. The molecule has 2 unspecified atom stereocenters. The van der Waals surface area contributed by atoms with Crippen LogP contribution in [0.15, 0.2) is 42.5 Å². The van der Waals surface area contributed by atoms with Crippen LogP contribution in [-0.4, -0.2) is 38.9 Å². The van der Waals surface area contributed by atoms with Crippen molar-refractivity contribution in [1.29, 1.82) is 0 Å². The summed E-state index contributed by atoms with van der Waals surface area (Å²) in [6.07, 6.45) is 0. The molecule has 2 aliphatic heterocycles. The van der Waals surface area contributed by atoms with Crippen LogP contribution in [0.2, 0.25) is 0 Å². The lowest BCUT2D eigenvalue weighted by molar-refractivity contribution is 0.174. The molecule has 2 aromatic carbocycles. The van der Waals surface area contributed by atoms with E-state index >= 15 is 0 Å². The molecule has 0 saturated carbocycles. The summed E-state index contributed by atoms with van der Waals surface area (Å²) in [5.74, 6) is 2.13. The van der Waals surface area contributed by atoms with Crippen LogP contribution in [0.25, 0.3) is 0 Å². The second kappa shape index (κ2) is 8.27. The minimum atomic E-state index is 0.254. The summed E-state index contributed by atoms with van der Waals surface area (Å²) in [6.45, 7) is 4.03. The maximum absolute atomic E-state index is 5.53. The lowest BCUT2D eigenvalue weighted by atomic mass is 9.94. The first kappa shape index (κ1) is 18.3. The van der Waals surface area contributed by atoms with E-state index in [2.05, 4.69) is 71.6 Å². The van der Waals surface area contributed by atoms with Gasteiger partial charge in [0.25, 0.3) is 0 Å². The number of hydrazine groups is 1. The Morgan fingerprint density at radius 3 is 2.74 bits per heavy atom. The molecule has 0 radical (unpaired) electrons. The Morgan fingerprint density at radius 2 is 1.89 bits per heavy atom. The van der Waals surface area contributed by atoms with Crippen LogP contribution in [0.1, 0.15) is 22.7 Å². The summed E-state index contributed by atoms with van der Waals surface area (Å²) < 4.78 is 10.9. The van der Waals surface area contributed by atoms with Crippen LogP contribution < -0.4 is 25.6 Å². The van der Waals surface area contributed by atoms with Crippen molar-refractivity contribution in [3.8, 4) is 11.5 Å². The van der Waals surface area contributed by atoms with Gasteiger partial charge in [0.05, 0.1) is 6.04 Å². The first-order valence-electron chi connectivity index (χ1n) is 9.51. The first-order chi connectivity index (χ1) is 13.2. The van der Waals surface area contributed by atoms with Gasteiger partial charge in [0.1, 0.15) is 0 Å². The summed E-state index contributed by atoms with van der Waals surface area (Å²) >= 11 is 0. The summed E-state index contributed by atoms with van der Waals surface area (Å²) in [5.41, 5.74) is 10.7. The van der Waals surface area contributed by atoms with Gasteiger partial charge in [-0.3, -0.25) is 5.43 Å². The number of rotatable bonds is 7. The van der Waals surface area contributed by atoms with Gasteiger partial charge in [0, 0.05) is 32.1 Å². The number of hydrogen-bond acceptors (Lipinski definition) is 6. The highest BCUT2D eigenvalue weighted by Gasteiger charge is 2.29. The third-order valence-corrected chi connectivity index (χ3v) is 5.18. The van der Waals surface area contributed by atoms with E-state index in [1.54, 1.807) is 0 Å². The van der Waals surface area contributed by atoms with Crippen LogP contribution >= 0.6 is 0 Å². The Kier molecular flexibility index (Phi) is 5.59. The molecule has 0 bridgehead atoms. The van der Waals surface area contributed by atoms with E-state index < -0.39 is 0 Å².